The monoisotopic (exact) mass is 111 g/mol. The zero-order valence-corrected chi connectivity index (χ0v) is 5.14. The van der Waals surface area contributed by atoms with Crippen LogP contribution >= 0.6 is 0 Å². The van der Waals surface area contributed by atoms with Crippen LogP contribution in [0, 0.1) is 11.8 Å². The van der Waals surface area contributed by atoms with Crippen LogP contribution in [0.5, 0.6) is 0 Å². The fourth-order valence-corrected chi connectivity index (χ4v) is 1.96. The summed E-state index contributed by atoms with van der Waals surface area (Å²) in [6, 6.07) is 0.578. The predicted octanol–water partition coefficient (Wildman–Crippen LogP) is 1.13. The van der Waals surface area contributed by atoms with Crippen molar-refractivity contribution in [1.29, 1.82) is 0 Å². The molecule has 2 saturated carbocycles. The third-order valence-corrected chi connectivity index (χ3v) is 2.64. The highest BCUT2D eigenvalue weighted by Gasteiger charge is 2.43. The Morgan fingerprint density at radius 3 is 2.75 bits per heavy atom. The maximum absolute atomic E-state index is 5.82. The molecule has 2 rings (SSSR count). The molecule has 2 aliphatic rings. The van der Waals surface area contributed by atoms with Gasteiger partial charge in [0.05, 0.1) is 0 Å². The van der Waals surface area contributed by atoms with E-state index in [4.69, 9.17) is 5.73 Å². The average molecular weight is 111 g/mol. The van der Waals surface area contributed by atoms with Crippen molar-refractivity contribution in [3.63, 3.8) is 0 Å². The van der Waals surface area contributed by atoms with E-state index in [-0.39, 0.29) is 0 Å². The minimum Gasteiger partial charge on any atom is -0.327 e. The SMILES string of the molecule is NC1CCC[C@H]2C[C@@H]12. The van der Waals surface area contributed by atoms with Crippen molar-refractivity contribution in [2.75, 3.05) is 0 Å². The van der Waals surface area contributed by atoms with E-state index in [1.54, 1.807) is 0 Å². The molecule has 0 aromatic heterocycles. The van der Waals surface area contributed by atoms with E-state index in [0.717, 1.165) is 11.8 Å². The van der Waals surface area contributed by atoms with Crippen molar-refractivity contribution in [1.82, 2.24) is 0 Å². The molecule has 0 heterocycles. The Kier molecular flexibility index (Phi) is 0.884. The highest BCUT2D eigenvalue weighted by Crippen LogP contribution is 2.48. The Morgan fingerprint density at radius 2 is 2.12 bits per heavy atom. The van der Waals surface area contributed by atoms with Gasteiger partial charge in [0.25, 0.3) is 0 Å². The quantitative estimate of drug-likeness (QED) is 0.498. The molecule has 3 atom stereocenters. The van der Waals surface area contributed by atoms with E-state index in [0.29, 0.717) is 6.04 Å². The van der Waals surface area contributed by atoms with Crippen molar-refractivity contribution < 1.29 is 0 Å². The summed E-state index contributed by atoms with van der Waals surface area (Å²) >= 11 is 0. The summed E-state index contributed by atoms with van der Waals surface area (Å²) in [7, 11) is 0. The Bertz CT molecular complexity index is 101. The van der Waals surface area contributed by atoms with Gasteiger partial charge < -0.3 is 5.73 Å². The Labute approximate surface area is 50.3 Å². The zero-order chi connectivity index (χ0) is 5.56. The van der Waals surface area contributed by atoms with Crippen molar-refractivity contribution in [3.05, 3.63) is 0 Å². The van der Waals surface area contributed by atoms with Crippen LogP contribution in [0.4, 0.5) is 0 Å². The van der Waals surface area contributed by atoms with Gasteiger partial charge in [-0.3, -0.25) is 0 Å². The second-order valence-electron chi connectivity index (χ2n) is 3.25. The van der Waals surface area contributed by atoms with Crippen molar-refractivity contribution in [2.45, 2.75) is 31.7 Å². The van der Waals surface area contributed by atoms with Crippen LogP contribution in [-0.2, 0) is 0 Å². The van der Waals surface area contributed by atoms with E-state index in [2.05, 4.69) is 0 Å². The molecule has 1 unspecified atom stereocenters. The second-order valence-corrected chi connectivity index (χ2v) is 3.25. The highest BCUT2D eigenvalue weighted by molar-refractivity contribution is 4.96. The smallest absolute Gasteiger partial charge is 0.00699 e. The summed E-state index contributed by atoms with van der Waals surface area (Å²) in [5.41, 5.74) is 5.82. The van der Waals surface area contributed by atoms with Gasteiger partial charge in [-0.05, 0) is 24.7 Å². The molecule has 1 heteroatoms. The molecule has 0 spiro atoms. The third-order valence-electron chi connectivity index (χ3n) is 2.64. The number of nitrogens with two attached hydrogens (primary N) is 1. The van der Waals surface area contributed by atoms with Crippen molar-refractivity contribution in [3.8, 4) is 0 Å². The maximum atomic E-state index is 5.82. The van der Waals surface area contributed by atoms with Gasteiger partial charge in [-0.1, -0.05) is 12.8 Å². The standard InChI is InChI=1S/C7H13N/c8-7-3-1-2-5-4-6(5)7/h5-7H,1-4,8H2/t5-,6+,7?/m0/s1. The molecule has 0 aromatic carbocycles. The lowest BCUT2D eigenvalue weighted by molar-refractivity contribution is 0.419. The second kappa shape index (κ2) is 1.47. The van der Waals surface area contributed by atoms with Crippen LogP contribution in [0.3, 0.4) is 0 Å². The van der Waals surface area contributed by atoms with Gasteiger partial charge in [0, 0.05) is 6.04 Å². The molecule has 0 bridgehead atoms. The first-order valence-corrected chi connectivity index (χ1v) is 3.63. The Morgan fingerprint density at radius 1 is 1.25 bits per heavy atom. The molecule has 1 nitrogen and oxygen atoms in total. The lowest BCUT2D eigenvalue weighted by atomic mass is 9.96. The number of hydrogen-bond donors (Lipinski definition) is 1. The molecular weight excluding hydrogens is 98.1 g/mol. The molecule has 0 aromatic rings. The molecule has 46 valence electrons. The van der Waals surface area contributed by atoms with Gasteiger partial charge in [0.15, 0.2) is 0 Å². The molecular formula is C7H13N. The van der Waals surface area contributed by atoms with Gasteiger partial charge in [-0.2, -0.15) is 0 Å². The van der Waals surface area contributed by atoms with Crippen LogP contribution < -0.4 is 5.73 Å². The minimum atomic E-state index is 0.578. The third kappa shape index (κ3) is 0.576. The maximum Gasteiger partial charge on any atom is 0.00699 e. The molecule has 0 radical (unpaired) electrons. The summed E-state index contributed by atoms with van der Waals surface area (Å²) in [5.74, 6) is 2.00. The predicted molar refractivity (Wildman–Crippen MR) is 33.4 cm³/mol. The van der Waals surface area contributed by atoms with Crippen LogP contribution in [0.15, 0.2) is 0 Å². The minimum absolute atomic E-state index is 0.578. The van der Waals surface area contributed by atoms with E-state index < -0.39 is 0 Å². The lowest BCUT2D eigenvalue weighted by Crippen LogP contribution is -2.25. The fraction of sp³-hybridized carbons (Fsp3) is 1.00. The topological polar surface area (TPSA) is 26.0 Å². The van der Waals surface area contributed by atoms with E-state index >= 15 is 0 Å². The summed E-state index contributed by atoms with van der Waals surface area (Å²) < 4.78 is 0. The highest BCUT2D eigenvalue weighted by atomic mass is 14.7. The summed E-state index contributed by atoms with van der Waals surface area (Å²) in [6.45, 7) is 0. The number of hydrogen-bond acceptors (Lipinski definition) is 1. The lowest BCUT2D eigenvalue weighted by Gasteiger charge is -2.15. The van der Waals surface area contributed by atoms with E-state index in [1.807, 2.05) is 0 Å². The molecule has 2 N–H and O–H groups in total. The summed E-state index contributed by atoms with van der Waals surface area (Å²) in [6.07, 6.45) is 5.60. The number of fused-ring (bicyclic) bond motifs is 1. The molecule has 8 heavy (non-hydrogen) atoms. The Balaban J connectivity index is 1.99. The van der Waals surface area contributed by atoms with Crippen molar-refractivity contribution >= 4 is 0 Å². The normalized spacial score (nSPS) is 52.9. The van der Waals surface area contributed by atoms with Crippen molar-refractivity contribution in [2.24, 2.45) is 17.6 Å². The average Bonchev–Trinajstić information content (AvgIpc) is 2.45. The van der Waals surface area contributed by atoms with Crippen LogP contribution in [0.1, 0.15) is 25.7 Å². The first-order chi connectivity index (χ1) is 3.88. The van der Waals surface area contributed by atoms with Crippen LogP contribution in [0.2, 0.25) is 0 Å². The zero-order valence-electron chi connectivity index (χ0n) is 5.14. The number of rotatable bonds is 0. The largest absolute Gasteiger partial charge is 0.327 e. The molecule has 2 aliphatic carbocycles. The van der Waals surface area contributed by atoms with E-state index in [9.17, 15) is 0 Å². The summed E-state index contributed by atoms with van der Waals surface area (Å²) in [5, 5.41) is 0. The van der Waals surface area contributed by atoms with E-state index in [1.165, 1.54) is 25.7 Å². The van der Waals surface area contributed by atoms with Gasteiger partial charge in [0.1, 0.15) is 0 Å². The van der Waals surface area contributed by atoms with Gasteiger partial charge >= 0.3 is 0 Å². The molecule has 0 amide bonds. The van der Waals surface area contributed by atoms with Crippen LogP contribution in [0.25, 0.3) is 0 Å². The fourth-order valence-electron chi connectivity index (χ4n) is 1.96. The first-order valence-electron chi connectivity index (χ1n) is 3.63. The van der Waals surface area contributed by atoms with Crippen LogP contribution in [-0.4, -0.2) is 6.04 Å². The van der Waals surface area contributed by atoms with Gasteiger partial charge in [0.2, 0.25) is 0 Å². The molecule has 0 saturated heterocycles. The molecule has 0 aliphatic heterocycles. The Hall–Kier alpha value is -0.0400. The molecule has 2 fully saturated rings. The first kappa shape index (κ1) is 4.80. The van der Waals surface area contributed by atoms with Gasteiger partial charge in [-0.25, -0.2) is 0 Å². The summed E-state index contributed by atoms with van der Waals surface area (Å²) in [4.78, 5) is 0. The van der Waals surface area contributed by atoms with Gasteiger partial charge in [-0.15, -0.1) is 0 Å².